The van der Waals surface area contributed by atoms with Gasteiger partial charge in [0.25, 0.3) is 0 Å². The summed E-state index contributed by atoms with van der Waals surface area (Å²) in [6.07, 6.45) is -3.81. The van der Waals surface area contributed by atoms with E-state index in [1.165, 1.54) is 4.52 Å². The van der Waals surface area contributed by atoms with E-state index in [2.05, 4.69) is 15.4 Å². The van der Waals surface area contributed by atoms with Crippen LogP contribution in [-0.2, 0) is 6.42 Å². The first-order chi connectivity index (χ1) is 11.7. The Morgan fingerprint density at radius 2 is 1.88 bits per heavy atom. The van der Waals surface area contributed by atoms with E-state index < -0.39 is 12.2 Å². The highest BCUT2D eigenvalue weighted by molar-refractivity contribution is 6.30. The van der Waals surface area contributed by atoms with E-state index in [1.54, 1.807) is 31.2 Å². The summed E-state index contributed by atoms with van der Waals surface area (Å²) in [4.78, 5) is 4.34. The molecule has 0 unspecified atom stereocenters. The Morgan fingerprint density at radius 1 is 1.20 bits per heavy atom. The van der Waals surface area contributed by atoms with Gasteiger partial charge in [-0.25, -0.2) is 4.98 Å². The van der Waals surface area contributed by atoms with E-state index in [9.17, 15) is 13.2 Å². The van der Waals surface area contributed by atoms with E-state index >= 15 is 0 Å². The van der Waals surface area contributed by atoms with Gasteiger partial charge in [-0.3, -0.25) is 0 Å². The molecule has 132 valence electrons. The SMILES string of the molecule is Cc1cc(N[C@@H](C)C(F)(F)F)n2nc(Cc3ccc(Cl)cc3)cc2n1. The molecule has 1 N–H and O–H groups in total. The van der Waals surface area contributed by atoms with Gasteiger partial charge in [-0.15, -0.1) is 0 Å². The van der Waals surface area contributed by atoms with Crippen molar-refractivity contribution >= 4 is 23.1 Å². The molecular formula is C17H16ClF3N4. The number of alkyl halides is 3. The van der Waals surface area contributed by atoms with Crippen LogP contribution in [0.4, 0.5) is 19.0 Å². The van der Waals surface area contributed by atoms with Gasteiger partial charge in [-0.1, -0.05) is 23.7 Å². The first kappa shape index (κ1) is 17.5. The van der Waals surface area contributed by atoms with Gasteiger partial charge < -0.3 is 5.32 Å². The van der Waals surface area contributed by atoms with Gasteiger partial charge in [-0.05, 0) is 31.5 Å². The molecule has 0 saturated carbocycles. The number of hydrogen-bond acceptors (Lipinski definition) is 3. The molecule has 3 aromatic rings. The summed E-state index contributed by atoms with van der Waals surface area (Å²) < 4.78 is 39.9. The Labute approximate surface area is 147 Å². The standard InChI is InChI=1S/C17H16ClF3N4/c1-10-7-15(23-11(2)17(19,20)21)25-16(22-10)9-14(24-25)8-12-3-5-13(18)6-4-12/h3-7,9,11,23H,8H2,1-2H3/t11-/m0/s1. The number of aryl methyl sites for hydroxylation is 1. The lowest BCUT2D eigenvalue weighted by molar-refractivity contribution is -0.138. The summed E-state index contributed by atoms with van der Waals surface area (Å²) in [6, 6.07) is 8.96. The molecule has 0 amide bonds. The fourth-order valence-electron chi connectivity index (χ4n) is 2.45. The molecule has 2 heterocycles. The monoisotopic (exact) mass is 368 g/mol. The van der Waals surface area contributed by atoms with Crippen LogP contribution in [-0.4, -0.2) is 26.8 Å². The highest BCUT2D eigenvalue weighted by atomic mass is 35.5. The van der Waals surface area contributed by atoms with Crippen molar-refractivity contribution in [2.75, 3.05) is 5.32 Å². The van der Waals surface area contributed by atoms with Crippen molar-refractivity contribution in [1.82, 2.24) is 14.6 Å². The highest BCUT2D eigenvalue weighted by Crippen LogP contribution is 2.24. The van der Waals surface area contributed by atoms with Gasteiger partial charge >= 0.3 is 6.18 Å². The second-order valence-corrected chi connectivity index (χ2v) is 6.34. The zero-order valence-electron chi connectivity index (χ0n) is 13.6. The number of halogens is 4. The molecule has 0 fully saturated rings. The van der Waals surface area contributed by atoms with Crippen LogP contribution in [0.25, 0.3) is 5.65 Å². The van der Waals surface area contributed by atoms with Crippen LogP contribution < -0.4 is 5.32 Å². The van der Waals surface area contributed by atoms with E-state index in [0.29, 0.717) is 28.5 Å². The number of nitrogens with one attached hydrogen (secondary N) is 1. The molecule has 3 rings (SSSR count). The lowest BCUT2D eigenvalue weighted by Gasteiger charge is -2.19. The van der Waals surface area contributed by atoms with Crippen molar-refractivity contribution in [3.8, 4) is 0 Å². The fourth-order valence-corrected chi connectivity index (χ4v) is 2.58. The largest absolute Gasteiger partial charge is 0.408 e. The number of anilines is 1. The number of rotatable bonds is 4. The number of benzene rings is 1. The van der Waals surface area contributed by atoms with E-state index in [1.807, 2.05) is 12.1 Å². The molecule has 4 nitrogen and oxygen atoms in total. The second kappa shape index (κ2) is 6.55. The van der Waals surface area contributed by atoms with Crippen molar-refractivity contribution < 1.29 is 13.2 Å². The van der Waals surface area contributed by atoms with Gasteiger partial charge in [0.05, 0.1) is 5.69 Å². The summed E-state index contributed by atoms with van der Waals surface area (Å²) in [6.45, 7) is 2.80. The number of hydrogen-bond donors (Lipinski definition) is 1. The normalized spacial score (nSPS) is 13.2. The Hall–Kier alpha value is -2.28. The molecule has 0 aliphatic rings. The van der Waals surface area contributed by atoms with Crippen molar-refractivity contribution in [2.45, 2.75) is 32.5 Å². The molecule has 1 atom stereocenters. The molecule has 8 heteroatoms. The lowest BCUT2D eigenvalue weighted by Crippen LogP contribution is -2.33. The van der Waals surface area contributed by atoms with Gasteiger partial charge in [0.1, 0.15) is 11.9 Å². The molecule has 0 bridgehead atoms. The number of aromatic nitrogens is 3. The topological polar surface area (TPSA) is 42.2 Å². The predicted molar refractivity (Wildman–Crippen MR) is 91.1 cm³/mol. The third kappa shape index (κ3) is 4.04. The minimum Gasteiger partial charge on any atom is -0.359 e. The predicted octanol–water partition coefficient (Wildman–Crippen LogP) is 4.64. The maximum atomic E-state index is 12.8. The molecule has 0 spiro atoms. The first-order valence-corrected chi connectivity index (χ1v) is 8.04. The van der Waals surface area contributed by atoms with E-state index in [0.717, 1.165) is 12.5 Å². The quantitative estimate of drug-likeness (QED) is 0.729. The highest BCUT2D eigenvalue weighted by Gasteiger charge is 2.36. The van der Waals surface area contributed by atoms with Gasteiger partial charge in [-0.2, -0.15) is 22.8 Å². The first-order valence-electron chi connectivity index (χ1n) is 7.66. The zero-order chi connectivity index (χ0) is 18.2. The molecule has 0 aliphatic heterocycles. The second-order valence-electron chi connectivity index (χ2n) is 5.90. The maximum Gasteiger partial charge on any atom is 0.408 e. The molecule has 25 heavy (non-hydrogen) atoms. The van der Waals surface area contributed by atoms with Crippen LogP contribution in [0.2, 0.25) is 5.02 Å². The smallest absolute Gasteiger partial charge is 0.359 e. The minimum absolute atomic E-state index is 0.259. The van der Waals surface area contributed by atoms with Crippen molar-refractivity contribution in [3.05, 3.63) is 58.4 Å². The average molecular weight is 369 g/mol. The van der Waals surface area contributed by atoms with Crippen LogP contribution in [0.3, 0.4) is 0 Å². The zero-order valence-corrected chi connectivity index (χ0v) is 14.4. The average Bonchev–Trinajstić information content (AvgIpc) is 2.91. The minimum atomic E-state index is -4.34. The Balaban J connectivity index is 1.93. The molecule has 0 aliphatic carbocycles. The van der Waals surface area contributed by atoms with Crippen molar-refractivity contribution in [1.29, 1.82) is 0 Å². The molecule has 0 radical (unpaired) electrons. The third-order valence-corrected chi connectivity index (χ3v) is 4.01. The van der Waals surface area contributed by atoms with Crippen LogP contribution in [0.5, 0.6) is 0 Å². The van der Waals surface area contributed by atoms with Gasteiger partial charge in [0.2, 0.25) is 0 Å². The molecule has 1 aromatic carbocycles. The maximum absolute atomic E-state index is 12.8. The van der Waals surface area contributed by atoms with Crippen molar-refractivity contribution in [3.63, 3.8) is 0 Å². The summed E-state index contributed by atoms with van der Waals surface area (Å²) in [5.41, 5.74) is 2.83. The molecule has 0 saturated heterocycles. The third-order valence-electron chi connectivity index (χ3n) is 3.76. The van der Waals surface area contributed by atoms with Crippen LogP contribution in [0.1, 0.15) is 23.9 Å². The van der Waals surface area contributed by atoms with E-state index in [-0.39, 0.29) is 5.82 Å². The Bertz CT molecular complexity index is 887. The molecule has 2 aromatic heterocycles. The van der Waals surface area contributed by atoms with Crippen LogP contribution in [0, 0.1) is 6.92 Å². The number of nitrogens with zero attached hydrogens (tertiary/aromatic N) is 3. The fraction of sp³-hybridized carbons (Fsp3) is 0.294. The van der Waals surface area contributed by atoms with Crippen molar-refractivity contribution in [2.24, 2.45) is 0 Å². The van der Waals surface area contributed by atoms with Gasteiger partial charge in [0, 0.05) is 29.3 Å². The summed E-state index contributed by atoms with van der Waals surface area (Å²) >= 11 is 5.87. The summed E-state index contributed by atoms with van der Waals surface area (Å²) in [5.74, 6) is 0.259. The van der Waals surface area contributed by atoms with E-state index in [4.69, 9.17) is 11.6 Å². The number of fused-ring (bicyclic) bond motifs is 1. The molecular weight excluding hydrogens is 353 g/mol. The lowest BCUT2D eigenvalue weighted by atomic mass is 10.1. The van der Waals surface area contributed by atoms with Crippen LogP contribution >= 0.6 is 11.6 Å². The summed E-state index contributed by atoms with van der Waals surface area (Å²) in [7, 11) is 0. The Morgan fingerprint density at radius 3 is 2.52 bits per heavy atom. The Kier molecular flexibility index (Phi) is 4.60. The van der Waals surface area contributed by atoms with Gasteiger partial charge in [0.15, 0.2) is 5.65 Å². The summed E-state index contributed by atoms with van der Waals surface area (Å²) in [5, 5.41) is 7.51. The van der Waals surface area contributed by atoms with Crippen LogP contribution in [0.15, 0.2) is 36.4 Å².